The second-order valence-electron chi connectivity index (χ2n) is 4.59. The standard InChI is InChI=1S/C13H17F3N2O/c14-13(15,16)10-19-17-9-11-3-5-12(6-4-11)18-7-1-2-8-18/h3-6,17H,1-2,7-10H2. The molecule has 106 valence electrons. The average molecular weight is 274 g/mol. The highest BCUT2D eigenvalue weighted by atomic mass is 19.4. The van der Waals surface area contributed by atoms with Crippen LogP contribution in [0.25, 0.3) is 0 Å². The summed E-state index contributed by atoms with van der Waals surface area (Å²) in [6.45, 7) is 1.13. The molecule has 1 aromatic rings. The zero-order valence-electron chi connectivity index (χ0n) is 10.5. The number of nitrogens with zero attached hydrogens (tertiary/aromatic N) is 1. The number of halogens is 3. The lowest BCUT2D eigenvalue weighted by atomic mass is 10.2. The summed E-state index contributed by atoms with van der Waals surface area (Å²) in [5.74, 6) is 0. The lowest BCUT2D eigenvalue weighted by Gasteiger charge is -2.17. The van der Waals surface area contributed by atoms with Gasteiger partial charge in [-0.25, -0.2) is 0 Å². The monoisotopic (exact) mass is 274 g/mol. The van der Waals surface area contributed by atoms with Gasteiger partial charge in [0.05, 0.1) is 0 Å². The maximum atomic E-state index is 11.8. The molecule has 1 aromatic carbocycles. The molecule has 19 heavy (non-hydrogen) atoms. The highest BCUT2D eigenvalue weighted by molar-refractivity contribution is 5.48. The summed E-state index contributed by atoms with van der Waals surface area (Å²) in [6.07, 6.45) is -1.87. The Morgan fingerprint density at radius 3 is 2.32 bits per heavy atom. The number of nitrogens with one attached hydrogen (secondary N) is 1. The zero-order chi connectivity index (χ0) is 13.7. The minimum Gasteiger partial charge on any atom is -0.372 e. The van der Waals surface area contributed by atoms with Gasteiger partial charge >= 0.3 is 6.18 Å². The molecule has 6 heteroatoms. The van der Waals surface area contributed by atoms with E-state index in [1.54, 1.807) is 0 Å². The molecular formula is C13H17F3N2O. The molecule has 1 aliphatic rings. The van der Waals surface area contributed by atoms with Crippen molar-refractivity contribution in [1.29, 1.82) is 0 Å². The fourth-order valence-corrected chi connectivity index (χ4v) is 2.07. The van der Waals surface area contributed by atoms with Crippen molar-refractivity contribution >= 4 is 5.69 Å². The molecule has 2 rings (SSSR count). The third-order valence-corrected chi connectivity index (χ3v) is 3.02. The number of hydroxylamine groups is 1. The Kier molecular flexibility index (Phi) is 4.66. The van der Waals surface area contributed by atoms with Gasteiger partial charge in [0.15, 0.2) is 6.61 Å². The van der Waals surface area contributed by atoms with Gasteiger partial charge in [0, 0.05) is 25.3 Å². The number of hydrogen-bond acceptors (Lipinski definition) is 3. The van der Waals surface area contributed by atoms with Crippen LogP contribution in [0.3, 0.4) is 0 Å². The topological polar surface area (TPSA) is 24.5 Å². The van der Waals surface area contributed by atoms with Crippen molar-refractivity contribution in [3.8, 4) is 0 Å². The molecule has 1 heterocycles. The third kappa shape index (κ3) is 4.72. The van der Waals surface area contributed by atoms with E-state index in [4.69, 9.17) is 0 Å². The lowest BCUT2D eigenvalue weighted by Crippen LogP contribution is -2.24. The van der Waals surface area contributed by atoms with Crippen molar-refractivity contribution in [2.24, 2.45) is 0 Å². The number of rotatable bonds is 5. The second kappa shape index (κ2) is 6.25. The molecule has 0 spiro atoms. The summed E-state index contributed by atoms with van der Waals surface area (Å²) < 4.78 is 35.5. The molecule has 0 aliphatic carbocycles. The van der Waals surface area contributed by atoms with Gasteiger partial charge in [-0.3, -0.25) is 4.84 Å². The maximum absolute atomic E-state index is 11.8. The SMILES string of the molecule is FC(F)(F)CONCc1ccc(N2CCCC2)cc1. The molecule has 0 unspecified atom stereocenters. The van der Waals surface area contributed by atoms with Gasteiger partial charge in [-0.05, 0) is 30.5 Å². The van der Waals surface area contributed by atoms with Crippen molar-refractivity contribution < 1.29 is 18.0 Å². The van der Waals surface area contributed by atoms with E-state index >= 15 is 0 Å². The van der Waals surface area contributed by atoms with Crippen LogP contribution in [0.1, 0.15) is 18.4 Å². The third-order valence-electron chi connectivity index (χ3n) is 3.02. The molecule has 1 N–H and O–H groups in total. The Morgan fingerprint density at radius 2 is 1.74 bits per heavy atom. The Bertz CT molecular complexity index is 386. The van der Waals surface area contributed by atoms with Gasteiger partial charge in [-0.15, -0.1) is 0 Å². The van der Waals surface area contributed by atoms with E-state index in [9.17, 15) is 13.2 Å². The van der Waals surface area contributed by atoms with Crippen LogP contribution in [-0.2, 0) is 11.4 Å². The maximum Gasteiger partial charge on any atom is 0.413 e. The molecule has 1 saturated heterocycles. The summed E-state index contributed by atoms with van der Waals surface area (Å²) in [7, 11) is 0. The molecule has 0 amide bonds. The molecule has 0 radical (unpaired) electrons. The lowest BCUT2D eigenvalue weighted by molar-refractivity contribution is -0.190. The average Bonchev–Trinajstić information content (AvgIpc) is 2.88. The van der Waals surface area contributed by atoms with E-state index < -0.39 is 12.8 Å². The predicted molar refractivity (Wildman–Crippen MR) is 66.7 cm³/mol. The van der Waals surface area contributed by atoms with E-state index in [0.717, 1.165) is 24.3 Å². The molecular weight excluding hydrogens is 257 g/mol. The fraction of sp³-hybridized carbons (Fsp3) is 0.538. The van der Waals surface area contributed by atoms with Crippen molar-refractivity contribution in [3.63, 3.8) is 0 Å². The van der Waals surface area contributed by atoms with E-state index in [-0.39, 0.29) is 6.54 Å². The number of alkyl halides is 3. The van der Waals surface area contributed by atoms with Crippen LogP contribution in [0.2, 0.25) is 0 Å². The Balaban J connectivity index is 1.75. The smallest absolute Gasteiger partial charge is 0.372 e. The minimum absolute atomic E-state index is 0.260. The first-order valence-electron chi connectivity index (χ1n) is 6.30. The van der Waals surface area contributed by atoms with Crippen LogP contribution in [0.5, 0.6) is 0 Å². The van der Waals surface area contributed by atoms with Crippen LogP contribution < -0.4 is 10.4 Å². The van der Waals surface area contributed by atoms with Crippen molar-refractivity contribution in [3.05, 3.63) is 29.8 Å². The molecule has 0 aromatic heterocycles. The van der Waals surface area contributed by atoms with Gasteiger partial charge in [-0.1, -0.05) is 12.1 Å². The molecule has 3 nitrogen and oxygen atoms in total. The molecule has 0 bridgehead atoms. The van der Waals surface area contributed by atoms with Crippen molar-refractivity contribution in [2.45, 2.75) is 25.6 Å². The van der Waals surface area contributed by atoms with E-state index in [0.29, 0.717) is 0 Å². The van der Waals surface area contributed by atoms with Crippen LogP contribution in [0.4, 0.5) is 18.9 Å². The normalized spacial score (nSPS) is 16.1. The summed E-state index contributed by atoms with van der Waals surface area (Å²) in [5, 5.41) is 0. The van der Waals surface area contributed by atoms with Crippen LogP contribution in [-0.4, -0.2) is 25.9 Å². The summed E-state index contributed by atoms with van der Waals surface area (Å²) in [6, 6.07) is 7.79. The van der Waals surface area contributed by atoms with E-state index in [1.807, 2.05) is 24.3 Å². The molecule has 0 atom stereocenters. The van der Waals surface area contributed by atoms with Gasteiger partial charge in [0.2, 0.25) is 0 Å². The van der Waals surface area contributed by atoms with Crippen LogP contribution in [0.15, 0.2) is 24.3 Å². The summed E-state index contributed by atoms with van der Waals surface area (Å²) in [4.78, 5) is 6.65. The van der Waals surface area contributed by atoms with Gasteiger partial charge in [0.25, 0.3) is 0 Å². The Morgan fingerprint density at radius 1 is 1.11 bits per heavy atom. The van der Waals surface area contributed by atoms with Crippen LogP contribution >= 0.6 is 0 Å². The summed E-state index contributed by atoms with van der Waals surface area (Å²) >= 11 is 0. The number of anilines is 1. The van der Waals surface area contributed by atoms with Crippen LogP contribution in [0, 0.1) is 0 Å². The highest BCUT2D eigenvalue weighted by Crippen LogP contribution is 2.20. The van der Waals surface area contributed by atoms with Gasteiger partial charge < -0.3 is 4.90 Å². The molecule has 1 aliphatic heterocycles. The van der Waals surface area contributed by atoms with Gasteiger partial charge in [0.1, 0.15) is 0 Å². The fourth-order valence-electron chi connectivity index (χ4n) is 2.07. The Hall–Kier alpha value is -1.27. The number of benzene rings is 1. The molecule has 0 saturated carbocycles. The first-order valence-corrected chi connectivity index (χ1v) is 6.30. The minimum atomic E-state index is -4.30. The summed E-state index contributed by atoms with van der Waals surface area (Å²) in [5.41, 5.74) is 4.37. The molecule has 1 fully saturated rings. The van der Waals surface area contributed by atoms with Crippen molar-refractivity contribution in [2.75, 3.05) is 24.6 Å². The quantitative estimate of drug-likeness (QED) is 0.660. The van der Waals surface area contributed by atoms with Gasteiger partial charge in [-0.2, -0.15) is 18.7 Å². The highest BCUT2D eigenvalue weighted by Gasteiger charge is 2.27. The first kappa shape index (κ1) is 14.1. The van der Waals surface area contributed by atoms with E-state index in [1.165, 1.54) is 12.8 Å². The van der Waals surface area contributed by atoms with Crippen molar-refractivity contribution in [1.82, 2.24) is 5.48 Å². The number of hydrogen-bond donors (Lipinski definition) is 1. The zero-order valence-corrected chi connectivity index (χ0v) is 10.5. The first-order chi connectivity index (χ1) is 9.04. The predicted octanol–water partition coefficient (Wildman–Crippen LogP) is 2.87. The Labute approximate surface area is 110 Å². The second-order valence-corrected chi connectivity index (χ2v) is 4.59. The van der Waals surface area contributed by atoms with E-state index in [2.05, 4.69) is 15.2 Å². The largest absolute Gasteiger partial charge is 0.413 e.